The van der Waals surface area contributed by atoms with Crippen LogP contribution in [0.5, 0.6) is 0 Å². The number of halogens is 3. The first-order chi connectivity index (χ1) is 12.9. The molecule has 3 heterocycles. The molecule has 0 spiro atoms. The molecule has 3 rings (SSSR count). The molecule has 0 aliphatic carbocycles. The Morgan fingerprint density at radius 1 is 1.19 bits per heavy atom. The number of anilines is 2. The van der Waals surface area contributed by atoms with E-state index >= 15 is 0 Å². The number of hydrogen-bond donors (Lipinski definition) is 2. The van der Waals surface area contributed by atoms with E-state index < -0.39 is 17.8 Å². The first-order valence-corrected chi connectivity index (χ1v) is 8.55. The summed E-state index contributed by atoms with van der Waals surface area (Å²) in [6.45, 7) is 2.12. The minimum Gasteiger partial charge on any atom is -0.381 e. The van der Waals surface area contributed by atoms with Crippen molar-refractivity contribution in [2.75, 3.05) is 30.4 Å². The Labute approximate surface area is 154 Å². The fraction of sp³-hybridized carbons (Fsp3) is 0.389. The van der Waals surface area contributed by atoms with Crippen molar-refractivity contribution in [2.24, 2.45) is 5.92 Å². The van der Waals surface area contributed by atoms with E-state index in [1.54, 1.807) is 18.3 Å². The molecule has 144 valence electrons. The first kappa shape index (κ1) is 19.1. The van der Waals surface area contributed by atoms with Gasteiger partial charge in [0.25, 0.3) is 5.91 Å². The van der Waals surface area contributed by atoms with Gasteiger partial charge in [0.2, 0.25) is 0 Å². The number of carbonyl (C=O) groups is 1. The second-order valence-corrected chi connectivity index (χ2v) is 6.22. The number of alkyl halides is 3. The van der Waals surface area contributed by atoms with Crippen molar-refractivity contribution >= 4 is 17.4 Å². The normalized spacial score (nSPS) is 15.4. The summed E-state index contributed by atoms with van der Waals surface area (Å²) in [7, 11) is 0. The van der Waals surface area contributed by atoms with Crippen LogP contribution in [0.1, 0.15) is 28.9 Å². The van der Waals surface area contributed by atoms with Gasteiger partial charge in [-0.05, 0) is 43.0 Å². The van der Waals surface area contributed by atoms with Crippen LogP contribution in [0.2, 0.25) is 0 Å². The Morgan fingerprint density at radius 3 is 2.63 bits per heavy atom. The molecular weight excluding hydrogens is 361 g/mol. The number of aromatic nitrogens is 2. The predicted molar refractivity (Wildman–Crippen MR) is 93.5 cm³/mol. The standard InChI is InChI=1S/C18H19F3N4O2/c19-18(20,21)15-4-3-13(11-23-15)25-17(26)14-2-1-7-22-16(14)24-10-12-5-8-27-9-6-12/h1-4,7,11-12H,5-6,8-10H2,(H,22,24)(H,25,26). The van der Waals surface area contributed by atoms with Gasteiger partial charge in [-0.15, -0.1) is 0 Å². The SMILES string of the molecule is O=C(Nc1ccc(C(F)(F)F)nc1)c1cccnc1NCC1CCOCC1. The number of carbonyl (C=O) groups excluding carboxylic acids is 1. The second-order valence-electron chi connectivity index (χ2n) is 6.22. The van der Waals surface area contributed by atoms with Gasteiger partial charge in [-0.1, -0.05) is 0 Å². The van der Waals surface area contributed by atoms with Gasteiger partial charge >= 0.3 is 6.18 Å². The molecule has 1 aliphatic rings. The Morgan fingerprint density at radius 2 is 1.96 bits per heavy atom. The van der Waals surface area contributed by atoms with Crippen LogP contribution < -0.4 is 10.6 Å². The van der Waals surface area contributed by atoms with Crippen LogP contribution in [0.25, 0.3) is 0 Å². The molecule has 2 N–H and O–H groups in total. The van der Waals surface area contributed by atoms with Crippen LogP contribution in [0, 0.1) is 5.92 Å². The molecule has 2 aromatic heterocycles. The predicted octanol–water partition coefficient (Wildman–Crippen LogP) is 3.59. The molecule has 1 amide bonds. The highest BCUT2D eigenvalue weighted by Crippen LogP contribution is 2.28. The highest BCUT2D eigenvalue weighted by molar-refractivity contribution is 6.07. The lowest BCUT2D eigenvalue weighted by Crippen LogP contribution is -2.24. The summed E-state index contributed by atoms with van der Waals surface area (Å²) in [6.07, 6.45) is -0.0840. The zero-order valence-electron chi connectivity index (χ0n) is 14.4. The highest BCUT2D eigenvalue weighted by Gasteiger charge is 2.32. The third kappa shape index (κ3) is 5.16. The van der Waals surface area contributed by atoms with Crippen molar-refractivity contribution in [2.45, 2.75) is 19.0 Å². The number of nitrogens with one attached hydrogen (secondary N) is 2. The molecule has 0 aromatic carbocycles. The Bertz CT molecular complexity index is 775. The Kier molecular flexibility index (Phi) is 5.90. The molecular formula is C18H19F3N4O2. The third-order valence-electron chi connectivity index (χ3n) is 4.26. The molecule has 0 atom stereocenters. The van der Waals surface area contributed by atoms with E-state index in [1.165, 1.54) is 6.07 Å². The molecule has 0 radical (unpaired) electrons. The molecule has 27 heavy (non-hydrogen) atoms. The van der Waals surface area contributed by atoms with Crippen LogP contribution in [-0.2, 0) is 10.9 Å². The molecule has 0 saturated carbocycles. The van der Waals surface area contributed by atoms with E-state index in [1.807, 2.05) is 0 Å². The van der Waals surface area contributed by atoms with Crippen LogP contribution in [0.3, 0.4) is 0 Å². The second kappa shape index (κ2) is 8.34. The zero-order valence-corrected chi connectivity index (χ0v) is 14.4. The molecule has 2 aromatic rings. The summed E-state index contributed by atoms with van der Waals surface area (Å²) in [5.41, 5.74) is -0.530. The number of hydrogen-bond acceptors (Lipinski definition) is 5. The van der Waals surface area contributed by atoms with E-state index in [0.717, 1.165) is 38.3 Å². The van der Waals surface area contributed by atoms with Crippen molar-refractivity contribution in [3.63, 3.8) is 0 Å². The van der Waals surface area contributed by atoms with Gasteiger partial charge in [0.1, 0.15) is 11.5 Å². The average molecular weight is 380 g/mol. The molecule has 9 heteroatoms. The van der Waals surface area contributed by atoms with Gasteiger partial charge in [0, 0.05) is 26.0 Å². The van der Waals surface area contributed by atoms with Gasteiger partial charge in [0.05, 0.1) is 17.4 Å². The summed E-state index contributed by atoms with van der Waals surface area (Å²) in [5, 5.41) is 5.73. The Hall–Kier alpha value is -2.68. The minimum absolute atomic E-state index is 0.173. The van der Waals surface area contributed by atoms with E-state index in [-0.39, 0.29) is 5.69 Å². The lowest BCUT2D eigenvalue weighted by Gasteiger charge is -2.22. The van der Waals surface area contributed by atoms with Crippen LogP contribution in [0.4, 0.5) is 24.7 Å². The summed E-state index contributed by atoms with van der Waals surface area (Å²) in [6, 6.07) is 5.22. The van der Waals surface area contributed by atoms with Crippen LogP contribution >= 0.6 is 0 Å². The fourth-order valence-electron chi connectivity index (χ4n) is 2.75. The topological polar surface area (TPSA) is 76.1 Å². The van der Waals surface area contributed by atoms with E-state index in [9.17, 15) is 18.0 Å². The van der Waals surface area contributed by atoms with Crippen molar-refractivity contribution in [3.05, 3.63) is 47.9 Å². The van der Waals surface area contributed by atoms with Gasteiger partial charge in [-0.3, -0.25) is 4.79 Å². The molecule has 1 fully saturated rings. The lowest BCUT2D eigenvalue weighted by atomic mass is 10.0. The maximum Gasteiger partial charge on any atom is 0.433 e. The van der Waals surface area contributed by atoms with Gasteiger partial charge in [-0.25, -0.2) is 9.97 Å². The fourth-order valence-corrected chi connectivity index (χ4v) is 2.75. The van der Waals surface area contributed by atoms with Crippen molar-refractivity contribution in [1.29, 1.82) is 0 Å². The molecule has 0 unspecified atom stereocenters. The number of pyridine rings is 2. The largest absolute Gasteiger partial charge is 0.433 e. The maximum absolute atomic E-state index is 12.6. The quantitative estimate of drug-likeness (QED) is 0.829. The maximum atomic E-state index is 12.6. The van der Waals surface area contributed by atoms with Gasteiger partial charge in [0.15, 0.2) is 0 Å². The summed E-state index contributed by atoms with van der Waals surface area (Å²) >= 11 is 0. The first-order valence-electron chi connectivity index (χ1n) is 8.55. The van der Waals surface area contributed by atoms with Crippen LogP contribution in [0.15, 0.2) is 36.7 Å². The van der Waals surface area contributed by atoms with Crippen molar-refractivity contribution in [1.82, 2.24) is 9.97 Å². The monoisotopic (exact) mass is 380 g/mol. The van der Waals surface area contributed by atoms with Crippen LogP contribution in [-0.4, -0.2) is 35.6 Å². The number of nitrogens with zero attached hydrogens (tertiary/aromatic N) is 2. The smallest absolute Gasteiger partial charge is 0.381 e. The van der Waals surface area contributed by atoms with E-state index in [2.05, 4.69) is 20.6 Å². The number of ether oxygens (including phenoxy) is 1. The molecule has 1 saturated heterocycles. The number of amides is 1. The number of rotatable bonds is 5. The van der Waals surface area contributed by atoms with E-state index in [0.29, 0.717) is 23.8 Å². The average Bonchev–Trinajstić information content (AvgIpc) is 2.67. The summed E-state index contributed by atoms with van der Waals surface area (Å²) in [4.78, 5) is 20.0. The van der Waals surface area contributed by atoms with Crippen molar-refractivity contribution < 1.29 is 22.7 Å². The Balaban J connectivity index is 1.65. The van der Waals surface area contributed by atoms with Crippen molar-refractivity contribution in [3.8, 4) is 0 Å². The van der Waals surface area contributed by atoms with Gasteiger partial charge in [-0.2, -0.15) is 13.2 Å². The minimum atomic E-state index is -4.52. The molecule has 0 bridgehead atoms. The summed E-state index contributed by atoms with van der Waals surface area (Å²) < 4.78 is 43.0. The zero-order chi connectivity index (χ0) is 19.3. The molecule has 1 aliphatic heterocycles. The lowest BCUT2D eigenvalue weighted by molar-refractivity contribution is -0.141. The highest BCUT2D eigenvalue weighted by atomic mass is 19.4. The summed E-state index contributed by atoms with van der Waals surface area (Å²) in [5.74, 6) is 0.399. The molecule has 6 nitrogen and oxygen atoms in total. The van der Waals surface area contributed by atoms with Gasteiger partial charge < -0.3 is 15.4 Å². The third-order valence-corrected chi connectivity index (χ3v) is 4.26. The van der Waals surface area contributed by atoms with E-state index in [4.69, 9.17) is 4.74 Å².